The third-order valence-electron chi connectivity index (χ3n) is 1.33. The first kappa shape index (κ1) is 9.15. The first-order valence-corrected chi connectivity index (χ1v) is 4.02. The van der Waals surface area contributed by atoms with Gasteiger partial charge >= 0.3 is 0 Å². The van der Waals surface area contributed by atoms with E-state index in [1.165, 1.54) is 5.48 Å². The van der Waals surface area contributed by atoms with E-state index in [0.717, 1.165) is 5.69 Å². The second-order valence-corrected chi connectivity index (χ2v) is 2.98. The summed E-state index contributed by atoms with van der Waals surface area (Å²) in [4.78, 5) is 14.9. The summed E-state index contributed by atoms with van der Waals surface area (Å²) in [6, 6.07) is 3.27. The number of hydroxylamine groups is 1. The number of aryl methyl sites for hydroxylation is 1. The van der Waals surface area contributed by atoms with Gasteiger partial charge in [0, 0.05) is 5.69 Å². The quantitative estimate of drug-likeness (QED) is 0.434. The topological polar surface area (TPSA) is 62.2 Å². The second-order valence-electron chi connectivity index (χ2n) is 2.23. The summed E-state index contributed by atoms with van der Waals surface area (Å²) in [6.45, 7) is 1.81. The molecule has 64 valence electrons. The van der Waals surface area contributed by atoms with Crippen molar-refractivity contribution in [3.05, 3.63) is 28.0 Å². The highest BCUT2D eigenvalue weighted by Gasteiger charge is 2.08. The molecular formula is C7H7BrN2O2. The number of rotatable bonds is 1. The molecule has 0 aliphatic rings. The molecule has 1 amide bonds. The molecule has 2 N–H and O–H groups in total. The van der Waals surface area contributed by atoms with Crippen LogP contribution in [0.4, 0.5) is 0 Å². The van der Waals surface area contributed by atoms with E-state index in [4.69, 9.17) is 5.21 Å². The molecule has 0 atom stereocenters. The Kier molecular flexibility index (Phi) is 2.78. The highest BCUT2D eigenvalue weighted by atomic mass is 79.9. The SMILES string of the molecule is Cc1ccc(C(=O)NO)c(Br)n1. The van der Waals surface area contributed by atoms with Crippen LogP contribution in [-0.2, 0) is 0 Å². The Hall–Kier alpha value is -0.940. The molecule has 0 radical (unpaired) electrons. The summed E-state index contributed by atoms with van der Waals surface area (Å²) in [5.41, 5.74) is 2.64. The van der Waals surface area contributed by atoms with Crippen LogP contribution in [0.5, 0.6) is 0 Å². The van der Waals surface area contributed by atoms with Gasteiger partial charge in [0.05, 0.1) is 5.56 Å². The summed E-state index contributed by atoms with van der Waals surface area (Å²) in [5.74, 6) is -0.575. The standard InChI is InChI=1S/C7H7BrN2O2/c1-4-2-3-5(6(8)9-4)7(11)10-12/h2-3,12H,1H3,(H,10,11). The van der Waals surface area contributed by atoms with Crippen LogP contribution in [0.1, 0.15) is 16.1 Å². The van der Waals surface area contributed by atoms with Gasteiger partial charge in [-0.1, -0.05) is 0 Å². The van der Waals surface area contributed by atoms with Crippen LogP contribution in [0.15, 0.2) is 16.7 Å². The Bertz CT molecular complexity index is 314. The first-order chi connectivity index (χ1) is 5.65. The van der Waals surface area contributed by atoms with E-state index >= 15 is 0 Å². The predicted octanol–water partition coefficient (Wildman–Crippen LogP) is 1.27. The van der Waals surface area contributed by atoms with E-state index in [1.807, 2.05) is 6.92 Å². The Morgan fingerprint density at radius 1 is 1.67 bits per heavy atom. The van der Waals surface area contributed by atoms with Gasteiger partial charge in [-0.2, -0.15) is 0 Å². The number of hydrogen-bond donors (Lipinski definition) is 2. The molecule has 0 fully saturated rings. The number of nitrogens with one attached hydrogen (secondary N) is 1. The van der Waals surface area contributed by atoms with Crippen LogP contribution in [0.25, 0.3) is 0 Å². The van der Waals surface area contributed by atoms with E-state index in [9.17, 15) is 4.79 Å². The lowest BCUT2D eigenvalue weighted by molar-refractivity contribution is 0.0705. The van der Waals surface area contributed by atoms with Crippen LogP contribution in [0.3, 0.4) is 0 Å². The maximum atomic E-state index is 10.9. The maximum Gasteiger partial charge on any atom is 0.277 e. The number of carbonyl (C=O) groups excluding carboxylic acids is 1. The summed E-state index contributed by atoms with van der Waals surface area (Å²) in [7, 11) is 0. The molecule has 1 rings (SSSR count). The smallest absolute Gasteiger partial charge is 0.277 e. The Balaban J connectivity index is 3.09. The van der Waals surface area contributed by atoms with Crippen LogP contribution in [0, 0.1) is 6.92 Å². The van der Waals surface area contributed by atoms with Gasteiger partial charge in [0.2, 0.25) is 0 Å². The molecule has 0 saturated heterocycles. The average Bonchev–Trinajstić information content (AvgIpc) is 2.03. The largest absolute Gasteiger partial charge is 0.288 e. The van der Waals surface area contributed by atoms with Crippen LogP contribution in [-0.4, -0.2) is 16.1 Å². The molecule has 0 bridgehead atoms. The zero-order valence-corrected chi connectivity index (χ0v) is 7.92. The third-order valence-corrected chi connectivity index (χ3v) is 1.94. The molecule has 0 unspecified atom stereocenters. The van der Waals surface area contributed by atoms with Crippen molar-refractivity contribution in [2.24, 2.45) is 0 Å². The van der Waals surface area contributed by atoms with E-state index < -0.39 is 5.91 Å². The maximum absolute atomic E-state index is 10.9. The molecule has 1 heterocycles. The molecule has 0 aliphatic carbocycles. The number of nitrogens with zero attached hydrogens (tertiary/aromatic N) is 1. The van der Waals surface area contributed by atoms with E-state index in [2.05, 4.69) is 20.9 Å². The van der Waals surface area contributed by atoms with Gasteiger partial charge in [0.25, 0.3) is 5.91 Å². The molecule has 5 heteroatoms. The molecule has 0 spiro atoms. The van der Waals surface area contributed by atoms with Crippen LogP contribution < -0.4 is 5.48 Å². The minimum absolute atomic E-state index is 0.308. The van der Waals surface area contributed by atoms with E-state index in [1.54, 1.807) is 12.1 Å². The number of hydrogen-bond acceptors (Lipinski definition) is 3. The van der Waals surface area contributed by atoms with Crippen molar-refractivity contribution in [2.45, 2.75) is 6.92 Å². The summed E-state index contributed by atoms with van der Waals surface area (Å²) < 4.78 is 0.425. The van der Waals surface area contributed by atoms with Gasteiger partial charge < -0.3 is 0 Å². The number of carbonyl (C=O) groups is 1. The highest BCUT2D eigenvalue weighted by Crippen LogP contribution is 2.13. The minimum Gasteiger partial charge on any atom is -0.288 e. The van der Waals surface area contributed by atoms with Crippen molar-refractivity contribution in [3.8, 4) is 0 Å². The predicted molar refractivity (Wildman–Crippen MR) is 45.9 cm³/mol. The molecule has 4 nitrogen and oxygen atoms in total. The van der Waals surface area contributed by atoms with Crippen molar-refractivity contribution in [2.75, 3.05) is 0 Å². The molecule has 0 aliphatic heterocycles. The van der Waals surface area contributed by atoms with Crippen molar-refractivity contribution < 1.29 is 10.0 Å². The molecule has 0 aromatic carbocycles. The Morgan fingerprint density at radius 3 is 2.83 bits per heavy atom. The lowest BCUT2D eigenvalue weighted by atomic mass is 10.2. The fraction of sp³-hybridized carbons (Fsp3) is 0.143. The minimum atomic E-state index is -0.575. The average molecular weight is 231 g/mol. The molecule has 12 heavy (non-hydrogen) atoms. The third kappa shape index (κ3) is 1.80. The fourth-order valence-electron chi connectivity index (χ4n) is 0.755. The highest BCUT2D eigenvalue weighted by molar-refractivity contribution is 9.10. The molecule has 0 saturated carbocycles. The summed E-state index contributed by atoms with van der Waals surface area (Å²) in [6.07, 6.45) is 0. The van der Waals surface area contributed by atoms with Crippen LogP contribution >= 0.6 is 15.9 Å². The normalized spacial score (nSPS) is 9.58. The monoisotopic (exact) mass is 230 g/mol. The van der Waals surface area contributed by atoms with Gasteiger partial charge in [-0.05, 0) is 35.0 Å². The summed E-state index contributed by atoms with van der Waals surface area (Å²) >= 11 is 3.11. The van der Waals surface area contributed by atoms with Crippen molar-refractivity contribution >= 4 is 21.8 Å². The lowest BCUT2D eigenvalue weighted by Gasteiger charge is -2.01. The fourth-order valence-corrected chi connectivity index (χ4v) is 1.35. The zero-order chi connectivity index (χ0) is 9.14. The zero-order valence-electron chi connectivity index (χ0n) is 6.34. The van der Waals surface area contributed by atoms with Crippen LogP contribution in [0.2, 0.25) is 0 Å². The van der Waals surface area contributed by atoms with Crippen molar-refractivity contribution in [3.63, 3.8) is 0 Å². The van der Waals surface area contributed by atoms with Gasteiger partial charge in [-0.3, -0.25) is 10.0 Å². The number of amides is 1. The van der Waals surface area contributed by atoms with Crippen molar-refractivity contribution in [1.29, 1.82) is 0 Å². The van der Waals surface area contributed by atoms with Gasteiger partial charge in [0.15, 0.2) is 0 Å². The van der Waals surface area contributed by atoms with Gasteiger partial charge in [-0.25, -0.2) is 10.5 Å². The van der Waals surface area contributed by atoms with Gasteiger partial charge in [-0.15, -0.1) is 0 Å². The molecule has 1 aromatic heterocycles. The Morgan fingerprint density at radius 2 is 2.33 bits per heavy atom. The second kappa shape index (κ2) is 3.64. The number of halogens is 1. The van der Waals surface area contributed by atoms with E-state index in [-0.39, 0.29) is 0 Å². The lowest BCUT2D eigenvalue weighted by Crippen LogP contribution is -2.19. The van der Waals surface area contributed by atoms with Gasteiger partial charge in [0.1, 0.15) is 4.60 Å². The molecule has 1 aromatic rings. The first-order valence-electron chi connectivity index (χ1n) is 3.22. The molecular weight excluding hydrogens is 224 g/mol. The summed E-state index contributed by atoms with van der Waals surface area (Å²) in [5, 5.41) is 8.33. The number of pyridine rings is 1. The Labute approximate surface area is 77.7 Å². The van der Waals surface area contributed by atoms with E-state index in [0.29, 0.717) is 10.2 Å². The van der Waals surface area contributed by atoms with Crippen molar-refractivity contribution in [1.82, 2.24) is 10.5 Å². The number of aromatic nitrogens is 1.